The minimum atomic E-state index is -3.57. The number of piperidine rings is 1. The maximum atomic E-state index is 13.1. The summed E-state index contributed by atoms with van der Waals surface area (Å²) < 4.78 is 32.7. The predicted octanol–water partition coefficient (Wildman–Crippen LogP) is 2.36. The van der Waals surface area contributed by atoms with Crippen molar-refractivity contribution < 1.29 is 22.4 Å². The molecule has 172 valence electrons. The van der Waals surface area contributed by atoms with Crippen LogP contribution < -0.4 is 0 Å². The van der Waals surface area contributed by atoms with E-state index in [9.17, 15) is 18.0 Å². The van der Waals surface area contributed by atoms with E-state index < -0.39 is 10.0 Å². The van der Waals surface area contributed by atoms with Crippen molar-refractivity contribution in [2.45, 2.75) is 31.1 Å². The van der Waals surface area contributed by atoms with E-state index >= 15 is 0 Å². The number of nitrogens with zero attached hydrogens (tertiary/aromatic N) is 3. The Bertz CT molecular complexity index is 1040. The van der Waals surface area contributed by atoms with Crippen molar-refractivity contribution in [1.82, 2.24) is 14.1 Å². The fourth-order valence-corrected chi connectivity index (χ4v) is 5.83. The van der Waals surface area contributed by atoms with Gasteiger partial charge < -0.3 is 14.2 Å². The largest absolute Gasteiger partial charge is 0.459 e. The van der Waals surface area contributed by atoms with Crippen molar-refractivity contribution in [2.75, 3.05) is 39.3 Å². The van der Waals surface area contributed by atoms with E-state index in [1.807, 2.05) is 6.92 Å². The van der Waals surface area contributed by atoms with Gasteiger partial charge in [0.05, 0.1) is 11.2 Å². The number of amides is 2. The molecule has 0 spiro atoms. The van der Waals surface area contributed by atoms with Gasteiger partial charge in [0.2, 0.25) is 15.9 Å². The Labute approximate surface area is 188 Å². The molecule has 2 aromatic rings. The van der Waals surface area contributed by atoms with Gasteiger partial charge in [-0.15, -0.1) is 0 Å². The number of aryl methyl sites for hydroxylation is 1. The van der Waals surface area contributed by atoms with E-state index in [1.54, 1.807) is 46.2 Å². The third-order valence-corrected chi connectivity index (χ3v) is 8.20. The summed E-state index contributed by atoms with van der Waals surface area (Å²) in [7, 11) is -3.57. The molecule has 3 heterocycles. The lowest BCUT2D eigenvalue weighted by Gasteiger charge is -2.33. The van der Waals surface area contributed by atoms with Gasteiger partial charge >= 0.3 is 0 Å². The van der Waals surface area contributed by atoms with Crippen molar-refractivity contribution >= 4 is 21.8 Å². The van der Waals surface area contributed by atoms with Crippen LogP contribution in [0.3, 0.4) is 0 Å². The molecule has 1 aromatic carbocycles. The second-order valence-corrected chi connectivity index (χ2v) is 10.4. The first-order valence-corrected chi connectivity index (χ1v) is 12.5. The van der Waals surface area contributed by atoms with Crippen LogP contribution >= 0.6 is 0 Å². The summed E-state index contributed by atoms with van der Waals surface area (Å²) in [6, 6.07) is 10.2. The van der Waals surface area contributed by atoms with Crippen molar-refractivity contribution in [2.24, 2.45) is 5.92 Å². The van der Waals surface area contributed by atoms with Gasteiger partial charge in [-0.25, -0.2) is 8.42 Å². The Balaban J connectivity index is 1.33. The molecule has 0 aliphatic carbocycles. The summed E-state index contributed by atoms with van der Waals surface area (Å²) in [4.78, 5) is 29.3. The topological polar surface area (TPSA) is 91.1 Å². The Morgan fingerprint density at radius 3 is 2.28 bits per heavy atom. The highest BCUT2D eigenvalue weighted by molar-refractivity contribution is 7.89. The fraction of sp³-hybridized carbons (Fsp3) is 0.478. The van der Waals surface area contributed by atoms with Crippen LogP contribution in [-0.2, 0) is 14.8 Å². The van der Waals surface area contributed by atoms with E-state index in [0.717, 1.165) is 5.56 Å². The number of hydrogen-bond donors (Lipinski definition) is 0. The summed E-state index contributed by atoms with van der Waals surface area (Å²) in [6.07, 6.45) is 3.29. The quantitative estimate of drug-likeness (QED) is 0.700. The van der Waals surface area contributed by atoms with Crippen LogP contribution in [0.15, 0.2) is 52.0 Å². The number of likely N-dealkylation sites (tertiary alicyclic amines) is 1. The summed E-state index contributed by atoms with van der Waals surface area (Å²) in [5.41, 5.74) is 1.01. The molecule has 2 fully saturated rings. The number of hydrogen-bond acceptors (Lipinski definition) is 5. The SMILES string of the molecule is Cc1ccc(S(=O)(=O)N2CCCN(C(=O)C3CCN(C(=O)c4ccco4)CC3)CC2)cc1. The molecule has 4 rings (SSSR count). The zero-order valence-corrected chi connectivity index (χ0v) is 19.1. The van der Waals surface area contributed by atoms with Crippen LogP contribution in [-0.4, -0.2) is 73.6 Å². The van der Waals surface area contributed by atoms with Gasteiger partial charge in [0.25, 0.3) is 5.91 Å². The molecule has 2 aliphatic rings. The number of sulfonamides is 1. The fourth-order valence-electron chi connectivity index (χ4n) is 4.36. The molecule has 0 unspecified atom stereocenters. The van der Waals surface area contributed by atoms with Crippen LogP contribution in [0.1, 0.15) is 35.4 Å². The summed E-state index contributed by atoms with van der Waals surface area (Å²) in [6.45, 7) is 4.56. The molecule has 0 radical (unpaired) electrons. The lowest BCUT2D eigenvalue weighted by atomic mass is 9.95. The summed E-state index contributed by atoms with van der Waals surface area (Å²) in [5.74, 6) is 0.0883. The van der Waals surface area contributed by atoms with Crippen molar-refractivity contribution in [3.63, 3.8) is 0 Å². The molecule has 0 atom stereocenters. The average Bonchev–Trinajstić information content (AvgIpc) is 3.22. The van der Waals surface area contributed by atoms with E-state index in [1.165, 1.54) is 10.6 Å². The Kier molecular flexibility index (Phi) is 6.66. The Morgan fingerprint density at radius 2 is 1.62 bits per heavy atom. The molecule has 9 heteroatoms. The molecule has 2 aliphatic heterocycles. The summed E-state index contributed by atoms with van der Waals surface area (Å²) >= 11 is 0. The molecule has 1 aromatic heterocycles. The standard InChI is InChI=1S/C23H29N3O5S/c1-18-5-7-20(8-6-18)32(29,30)26-12-3-11-24(15-16-26)22(27)19-9-13-25(14-10-19)23(28)21-4-2-17-31-21/h2,4-8,17,19H,3,9-16H2,1H3. The van der Waals surface area contributed by atoms with Gasteiger partial charge in [-0.1, -0.05) is 17.7 Å². The second kappa shape index (κ2) is 9.46. The monoisotopic (exact) mass is 459 g/mol. The van der Waals surface area contributed by atoms with E-state index in [0.29, 0.717) is 57.7 Å². The zero-order valence-electron chi connectivity index (χ0n) is 18.3. The molecule has 2 amide bonds. The van der Waals surface area contributed by atoms with E-state index in [-0.39, 0.29) is 29.2 Å². The van der Waals surface area contributed by atoms with E-state index in [2.05, 4.69) is 0 Å². The van der Waals surface area contributed by atoms with Crippen molar-refractivity contribution in [3.8, 4) is 0 Å². The molecule has 8 nitrogen and oxygen atoms in total. The van der Waals surface area contributed by atoms with Crippen LogP contribution in [0.25, 0.3) is 0 Å². The third kappa shape index (κ3) is 4.73. The van der Waals surface area contributed by atoms with Gasteiger partial charge in [0.1, 0.15) is 0 Å². The van der Waals surface area contributed by atoms with Gasteiger partial charge in [0.15, 0.2) is 5.76 Å². The highest BCUT2D eigenvalue weighted by atomic mass is 32.2. The number of rotatable bonds is 4. The second-order valence-electron chi connectivity index (χ2n) is 8.44. The first kappa shape index (κ1) is 22.5. The number of benzene rings is 1. The van der Waals surface area contributed by atoms with Gasteiger partial charge in [-0.2, -0.15) is 4.31 Å². The highest BCUT2D eigenvalue weighted by Gasteiger charge is 2.33. The van der Waals surface area contributed by atoms with Gasteiger partial charge in [-0.05, 0) is 50.5 Å². The first-order valence-electron chi connectivity index (χ1n) is 11.0. The van der Waals surface area contributed by atoms with Crippen LogP contribution in [0, 0.1) is 12.8 Å². The predicted molar refractivity (Wildman–Crippen MR) is 118 cm³/mol. The van der Waals surface area contributed by atoms with Crippen LogP contribution in [0.2, 0.25) is 0 Å². The van der Waals surface area contributed by atoms with Gasteiger partial charge in [0, 0.05) is 45.2 Å². The minimum absolute atomic E-state index is 0.0599. The molecular weight excluding hydrogens is 430 g/mol. The molecule has 32 heavy (non-hydrogen) atoms. The summed E-state index contributed by atoms with van der Waals surface area (Å²) in [5, 5.41) is 0. The van der Waals surface area contributed by atoms with Gasteiger partial charge in [-0.3, -0.25) is 9.59 Å². The lowest BCUT2D eigenvalue weighted by Crippen LogP contribution is -2.45. The molecule has 0 N–H and O–H groups in total. The average molecular weight is 460 g/mol. The number of furan rings is 1. The van der Waals surface area contributed by atoms with E-state index in [4.69, 9.17) is 4.42 Å². The van der Waals surface area contributed by atoms with Crippen LogP contribution in [0.5, 0.6) is 0 Å². The Morgan fingerprint density at radius 1 is 0.906 bits per heavy atom. The molecule has 0 saturated carbocycles. The van der Waals surface area contributed by atoms with Crippen molar-refractivity contribution in [3.05, 3.63) is 54.0 Å². The highest BCUT2D eigenvalue weighted by Crippen LogP contribution is 2.23. The number of carbonyl (C=O) groups excluding carboxylic acids is 2. The normalized spacial score (nSPS) is 19.0. The molecule has 2 saturated heterocycles. The number of carbonyl (C=O) groups is 2. The lowest BCUT2D eigenvalue weighted by molar-refractivity contribution is -0.136. The first-order chi connectivity index (χ1) is 15.4. The smallest absolute Gasteiger partial charge is 0.289 e. The Hall–Kier alpha value is -2.65. The molecular formula is C23H29N3O5S. The third-order valence-electron chi connectivity index (χ3n) is 6.29. The van der Waals surface area contributed by atoms with Crippen LogP contribution in [0.4, 0.5) is 0 Å². The maximum Gasteiger partial charge on any atom is 0.289 e. The maximum absolute atomic E-state index is 13.1. The zero-order chi connectivity index (χ0) is 22.7. The van der Waals surface area contributed by atoms with Crippen molar-refractivity contribution in [1.29, 1.82) is 0 Å². The minimum Gasteiger partial charge on any atom is -0.459 e. The molecule has 0 bridgehead atoms.